The second-order valence-corrected chi connectivity index (χ2v) is 7.25. The molecule has 2 saturated carbocycles. The minimum absolute atomic E-state index is 0.239. The van der Waals surface area contributed by atoms with Gasteiger partial charge in [0, 0.05) is 6.04 Å². The van der Waals surface area contributed by atoms with Crippen molar-refractivity contribution in [3.05, 3.63) is 34.6 Å². The van der Waals surface area contributed by atoms with Crippen LogP contribution in [0.1, 0.15) is 44.6 Å². The van der Waals surface area contributed by atoms with E-state index in [1.807, 2.05) is 12.1 Å². The molecule has 0 heterocycles. The Kier molecular flexibility index (Phi) is 4.85. The molecule has 1 aromatic rings. The molecule has 0 amide bonds. The lowest BCUT2D eigenvalue weighted by Crippen LogP contribution is -2.34. The molecule has 0 aliphatic heterocycles. The Balaban J connectivity index is 1.65. The molecule has 1 N–H and O–H groups in total. The highest BCUT2D eigenvalue weighted by atomic mass is 35.5. The van der Waals surface area contributed by atoms with Crippen molar-refractivity contribution in [1.82, 2.24) is 5.32 Å². The molecular formula is C18H25ClFN. The third-order valence-electron chi connectivity index (χ3n) is 5.46. The summed E-state index contributed by atoms with van der Waals surface area (Å²) in [6, 6.07) is 5.71. The predicted molar refractivity (Wildman–Crippen MR) is 86.1 cm³/mol. The molecular weight excluding hydrogens is 285 g/mol. The van der Waals surface area contributed by atoms with Crippen LogP contribution in [0.3, 0.4) is 0 Å². The maximum Gasteiger partial charge on any atom is 0.145 e. The van der Waals surface area contributed by atoms with Crippen LogP contribution in [0, 0.1) is 23.6 Å². The smallest absolute Gasteiger partial charge is 0.145 e. The first-order valence-electron chi connectivity index (χ1n) is 8.33. The number of halogens is 2. The Morgan fingerprint density at radius 3 is 2.86 bits per heavy atom. The Morgan fingerprint density at radius 1 is 1.33 bits per heavy atom. The molecule has 4 atom stereocenters. The molecule has 2 fully saturated rings. The number of hydrogen-bond acceptors (Lipinski definition) is 1. The third kappa shape index (κ3) is 3.43. The summed E-state index contributed by atoms with van der Waals surface area (Å²) in [5.41, 5.74) is 0.747. The van der Waals surface area contributed by atoms with Crippen molar-refractivity contribution < 1.29 is 4.39 Å². The van der Waals surface area contributed by atoms with Crippen LogP contribution in [0.4, 0.5) is 4.39 Å². The van der Waals surface area contributed by atoms with E-state index >= 15 is 0 Å². The lowest BCUT2D eigenvalue weighted by molar-refractivity contribution is 0.277. The van der Waals surface area contributed by atoms with Gasteiger partial charge in [-0.2, -0.15) is 0 Å². The fourth-order valence-electron chi connectivity index (χ4n) is 4.53. The fourth-order valence-corrected chi connectivity index (χ4v) is 4.72. The van der Waals surface area contributed by atoms with Crippen LogP contribution in [0.15, 0.2) is 18.2 Å². The second kappa shape index (κ2) is 6.66. The highest BCUT2D eigenvalue weighted by Crippen LogP contribution is 2.50. The molecule has 2 aliphatic rings. The predicted octanol–water partition coefficient (Wildman–Crippen LogP) is 4.83. The highest BCUT2D eigenvalue weighted by molar-refractivity contribution is 6.30. The summed E-state index contributed by atoms with van der Waals surface area (Å²) in [5, 5.41) is 3.79. The van der Waals surface area contributed by atoms with Gasteiger partial charge in [-0.1, -0.05) is 37.1 Å². The van der Waals surface area contributed by atoms with Crippen LogP contribution in [0.2, 0.25) is 5.02 Å². The van der Waals surface area contributed by atoms with Crippen molar-refractivity contribution in [2.24, 2.45) is 17.8 Å². The molecule has 1 aromatic carbocycles. The van der Waals surface area contributed by atoms with Gasteiger partial charge in [-0.05, 0) is 68.0 Å². The van der Waals surface area contributed by atoms with Crippen molar-refractivity contribution in [3.8, 4) is 0 Å². The van der Waals surface area contributed by atoms with Gasteiger partial charge < -0.3 is 5.32 Å². The summed E-state index contributed by atoms with van der Waals surface area (Å²) in [4.78, 5) is 0. The van der Waals surface area contributed by atoms with E-state index in [9.17, 15) is 4.39 Å². The maximum absolute atomic E-state index is 14.1. The SMILES string of the molecule is CCNC(Cc1cccc(Cl)c1F)CC1CC2CCC1C2. The number of hydrogen-bond donors (Lipinski definition) is 1. The normalized spacial score (nSPS) is 29.0. The molecule has 4 unspecified atom stereocenters. The molecule has 116 valence electrons. The quantitative estimate of drug-likeness (QED) is 0.794. The van der Waals surface area contributed by atoms with E-state index in [1.165, 1.54) is 32.1 Å². The van der Waals surface area contributed by atoms with Gasteiger partial charge in [-0.15, -0.1) is 0 Å². The van der Waals surface area contributed by atoms with Crippen molar-refractivity contribution in [1.29, 1.82) is 0 Å². The van der Waals surface area contributed by atoms with Gasteiger partial charge in [0.1, 0.15) is 5.82 Å². The molecule has 3 heteroatoms. The third-order valence-corrected chi connectivity index (χ3v) is 5.75. The molecule has 2 bridgehead atoms. The Morgan fingerprint density at radius 2 is 2.19 bits per heavy atom. The zero-order valence-corrected chi connectivity index (χ0v) is 13.5. The van der Waals surface area contributed by atoms with Gasteiger partial charge in [0.15, 0.2) is 0 Å². The standard InChI is InChI=1S/C18H25ClFN/c1-2-21-16(10-14-4-3-5-17(19)18(14)20)11-15-9-12-6-7-13(15)8-12/h3-5,12-13,15-16,21H,2,6-11H2,1H3. The average molecular weight is 310 g/mol. The van der Waals surface area contributed by atoms with E-state index in [2.05, 4.69) is 12.2 Å². The van der Waals surface area contributed by atoms with Gasteiger partial charge in [-0.25, -0.2) is 4.39 Å². The molecule has 0 radical (unpaired) electrons. The van der Waals surface area contributed by atoms with Gasteiger partial charge in [0.05, 0.1) is 5.02 Å². The first-order chi connectivity index (χ1) is 10.2. The van der Waals surface area contributed by atoms with Crippen LogP contribution in [0.5, 0.6) is 0 Å². The van der Waals surface area contributed by atoms with E-state index < -0.39 is 0 Å². The number of rotatable bonds is 6. The number of likely N-dealkylation sites (N-methyl/N-ethyl adjacent to an activating group) is 1. The first kappa shape index (κ1) is 15.3. The van der Waals surface area contributed by atoms with E-state index in [0.717, 1.165) is 36.3 Å². The molecule has 0 aromatic heterocycles. The summed E-state index contributed by atoms with van der Waals surface area (Å²) >= 11 is 5.90. The highest BCUT2D eigenvalue weighted by Gasteiger charge is 2.40. The molecule has 0 saturated heterocycles. The van der Waals surface area contributed by atoms with Gasteiger partial charge >= 0.3 is 0 Å². The lowest BCUT2D eigenvalue weighted by Gasteiger charge is -2.27. The second-order valence-electron chi connectivity index (χ2n) is 6.84. The van der Waals surface area contributed by atoms with Crippen LogP contribution in [-0.4, -0.2) is 12.6 Å². The molecule has 1 nitrogen and oxygen atoms in total. The average Bonchev–Trinajstić information content (AvgIpc) is 3.06. The minimum atomic E-state index is -0.241. The monoisotopic (exact) mass is 309 g/mol. The van der Waals surface area contributed by atoms with Crippen LogP contribution < -0.4 is 5.32 Å². The Labute approximate surface area is 132 Å². The maximum atomic E-state index is 14.1. The summed E-state index contributed by atoms with van der Waals surface area (Å²) < 4.78 is 14.1. The Bertz CT molecular complexity index is 490. The summed E-state index contributed by atoms with van der Waals surface area (Å²) in [5.74, 6) is 2.51. The molecule has 2 aliphatic carbocycles. The largest absolute Gasteiger partial charge is 0.314 e. The Hall–Kier alpha value is -0.600. The van der Waals surface area contributed by atoms with Gasteiger partial charge in [-0.3, -0.25) is 0 Å². The molecule has 3 rings (SSSR count). The van der Waals surface area contributed by atoms with E-state index in [0.29, 0.717) is 6.04 Å². The van der Waals surface area contributed by atoms with E-state index in [-0.39, 0.29) is 10.8 Å². The summed E-state index contributed by atoms with van der Waals surface area (Å²) in [7, 11) is 0. The molecule has 0 spiro atoms. The van der Waals surface area contributed by atoms with E-state index in [1.54, 1.807) is 6.07 Å². The van der Waals surface area contributed by atoms with Gasteiger partial charge in [0.2, 0.25) is 0 Å². The molecule has 21 heavy (non-hydrogen) atoms. The fraction of sp³-hybridized carbons (Fsp3) is 0.667. The van der Waals surface area contributed by atoms with Crippen molar-refractivity contribution in [3.63, 3.8) is 0 Å². The number of nitrogens with one attached hydrogen (secondary N) is 1. The van der Waals surface area contributed by atoms with Crippen LogP contribution >= 0.6 is 11.6 Å². The van der Waals surface area contributed by atoms with E-state index in [4.69, 9.17) is 11.6 Å². The van der Waals surface area contributed by atoms with Crippen molar-refractivity contribution in [2.45, 2.75) is 51.5 Å². The lowest BCUT2D eigenvalue weighted by atomic mass is 9.83. The first-order valence-corrected chi connectivity index (χ1v) is 8.71. The number of benzene rings is 1. The van der Waals surface area contributed by atoms with Gasteiger partial charge in [0.25, 0.3) is 0 Å². The summed E-state index contributed by atoms with van der Waals surface area (Å²) in [6.45, 7) is 3.07. The summed E-state index contributed by atoms with van der Waals surface area (Å²) in [6.07, 6.45) is 7.62. The van der Waals surface area contributed by atoms with Crippen molar-refractivity contribution in [2.75, 3.05) is 6.54 Å². The number of fused-ring (bicyclic) bond motifs is 2. The van der Waals surface area contributed by atoms with Crippen molar-refractivity contribution >= 4 is 11.6 Å². The van der Waals surface area contributed by atoms with Crippen LogP contribution in [-0.2, 0) is 6.42 Å². The topological polar surface area (TPSA) is 12.0 Å². The zero-order chi connectivity index (χ0) is 14.8. The zero-order valence-electron chi connectivity index (χ0n) is 12.7. The minimum Gasteiger partial charge on any atom is -0.314 e. The van der Waals surface area contributed by atoms with Crippen LogP contribution in [0.25, 0.3) is 0 Å².